The van der Waals surface area contributed by atoms with Crippen LogP contribution in [-0.4, -0.2) is 42.9 Å². The van der Waals surface area contributed by atoms with Crippen LogP contribution in [0.25, 0.3) is 0 Å². The average molecular weight is 322 g/mol. The van der Waals surface area contributed by atoms with E-state index in [9.17, 15) is 4.79 Å². The molecule has 1 saturated heterocycles. The van der Waals surface area contributed by atoms with Crippen molar-refractivity contribution in [2.24, 2.45) is 0 Å². The van der Waals surface area contributed by atoms with Crippen LogP contribution in [0.15, 0.2) is 6.07 Å². The van der Waals surface area contributed by atoms with Crippen molar-refractivity contribution in [3.63, 3.8) is 0 Å². The highest BCUT2D eigenvalue weighted by Gasteiger charge is 2.17. The molecule has 2 heterocycles. The van der Waals surface area contributed by atoms with Gasteiger partial charge in [-0.3, -0.25) is 4.79 Å². The number of carbonyl (C=O) groups excluding carboxylic acids is 1. The Bertz CT molecular complexity index is 517. The van der Waals surface area contributed by atoms with Gasteiger partial charge < -0.3 is 19.4 Å². The van der Waals surface area contributed by atoms with Crippen molar-refractivity contribution >= 4 is 5.91 Å². The van der Waals surface area contributed by atoms with Crippen molar-refractivity contribution in [2.75, 3.05) is 26.4 Å². The molecule has 1 amide bonds. The molecule has 0 radical (unpaired) electrons. The predicted molar refractivity (Wildman–Crippen MR) is 91.0 cm³/mol. The number of aromatic nitrogens is 1. The summed E-state index contributed by atoms with van der Waals surface area (Å²) in [5, 5.41) is 3.00. The van der Waals surface area contributed by atoms with Crippen molar-refractivity contribution in [1.82, 2.24) is 9.88 Å². The lowest BCUT2D eigenvalue weighted by Crippen LogP contribution is -2.27. The molecule has 0 aromatic carbocycles. The van der Waals surface area contributed by atoms with Gasteiger partial charge in [-0.05, 0) is 53.0 Å². The minimum Gasteiger partial charge on any atom is -0.381 e. The molecular weight excluding hydrogens is 292 g/mol. The predicted octanol–water partition coefficient (Wildman–Crippen LogP) is 3.00. The average Bonchev–Trinajstić information content (AvgIpc) is 2.82. The van der Waals surface area contributed by atoms with E-state index < -0.39 is 0 Å². The number of carbonyl (C=O) groups is 1. The third-order valence-electron chi connectivity index (χ3n) is 4.37. The summed E-state index contributed by atoms with van der Waals surface area (Å²) in [6, 6.07) is 2.34. The van der Waals surface area contributed by atoms with Crippen molar-refractivity contribution in [1.29, 1.82) is 0 Å². The van der Waals surface area contributed by atoms with Gasteiger partial charge >= 0.3 is 0 Å². The van der Waals surface area contributed by atoms with Gasteiger partial charge in [0.05, 0.1) is 11.7 Å². The van der Waals surface area contributed by atoms with Gasteiger partial charge in [0.15, 0.2) is 0 Å². The van der Waals surface area contributed by atoms with Gasteiger partial charge in [-0.2, -0.15) is 0 Å². The Labute approximate surface area is 139 Å². The van der Waals surface area contributed by atoms with Crippen LogP contribution in [0, 0.1) is 13.8 Å². The monoisotopic (exact) mass is 322 g/mol. The minimum absolute atomic E-state index is 0.0102. The topological polar surface area (TPSA) is 52.5 Å². The molecule has 5 nitrogen and oxygen atoms in total. The molecule has 0 unspecified atom stereocenters. The van der Waals surface area contributed by atoms with E-state index in [1.54, 1.807) is 0 Å². The first kappa shape index (κ1) is 18.0. The molecule has 0 saturated carbocycles. The van der Waals surface area contributed by atoms with E-state index in [4.69, 9.17) is 9.47 Å². The highest BCUT2D eigenvalue weighted by molar-refractivity contribution is 5.95. The molecule has 0 atom stereocenters. The van der Waals surface area contributed by atoms with Crippen molar-refractivity contribution in [3.05, 3.63) is 23.0 Å². The van der Waals surface area contributed by atoms with E-state index in [0.717, 1.165) is 49.4 Å². The SMILES string of the molecule is Cc1cc(C(=O)NCCCOC2CCOCC2)c(C)n1C(C)C. The van der Waals surface area contributed by atoms with E-state index in [2.05, 4.69) is 23.7 Å². The molecule has 1 N–H and O–H groups in total. The fourth-order valence-corrected chi connectivity index (χ4v) is 3.26. The first-order valence-corrected chi connectivity index (χ1v) is 8.66. The molecule has 1 aliphatic rings. The zero-order valence-electron chi connectivity index (χ0n) is 14.9. The van der Waals surface area contributed by atoms with Gasteiger partial charge in [0.2, 0.25) is 0 Å². The summed E-state index contributed by atoms with van der Waals surface area (Å²) in [5.74, 6) is 0.0102. The molecule has 0 aliphatic carbocycles. The Morgan fingerprint density at radius 3 is 2.70 bits per heavy atom. The molecule has 23 heavy (non-hydrogen) atoms. The van der Waals surface area contributed by atoms with E-state index in [-0.39, 0.29) is 5.91 Å². The maximum absolute atomic E-state index is 12.3. The number of hydrogen-bond acceptors (Lipinski definition) is 3. The Balaban J connectivity index is 1.73. The molecule has 0 spiro atoms. The van der Waals surface area contributed by atoms with Crippen LogP contribution >= 0.6 is 0 Å². The first-order chi connectivity index (χ1) is 11.0. The summed E-state index contributed by atoms with van der Waals surface area (Å²) in [6.45, 7) is 11.3. The smallest absolute Gasteiger partial charge is 0.253 e. The third kappa shape index (κ3) is 4.82. The fourth-order valence-electron chi connectivity index (χ4n) is 3.26. The van der Waals surface area contributed by atoms with Crippen LogP contribution < -0.4 is 5.32 Å². The summed E-state index contributed by atoms with van der Waals surface area (Å²) in [7, 11) is 0. The maximum atomic E-state index is 12.3. The van der Waals surface area contributed by atoms with Gasteiger partial charge in [0, 0.05) is 43.8 Å². The standard InChI is InChI=1S/C18H30N2O3/c1-13(2)20-14(3)12-17(15(20)4)18(21)19-8-5-9-23-16-6-10-22-11-7-16/h12-13,16H,5-11H2,1-4H3,(H,19,21). The fraction of sp³-hybridized carbons (Fsp3) is 0.722. The number of aryl methyl sites for hydroxylation is 1. The third-order valence-corrected chi connectivity index (χ3v) is 4.37. The second-order valence-electron chi connectivity index (χ2n) is 6.54. The van der Waals surface area contributed by atoms with Crippen LogP contribution in [0.3, 0.4) is 0 Å². The number of nitrogens with zero attached hydrogens (tertiary/aromatic N) is 1. The number of nitrogens with one attached hydrogen (secondary N) is 1. The number of amides is 1. The number of hydrogen-bond donors (Lipinski definition) is 1. The Morgan fingerprint density at radius 1 is 1.39 bits per heavy atom. The van der Waals surface area contributed by atoms with E-state index >= 15 is 0 Å². The second kappa shape index (κ2) is 8.50. The first-order valence-electron chi connectivity index (χ1n) is 8.66. The maximum Gasteiger partial charge on any atom is 0.253 e. The summed E-state index contributed by atoms with van der Waals surface area (Å²) >= 11 is 0. The lowest BCUT2D eigenvalue weighted by Gasteiger charge is -2.22. The normalized spacial score (nSPS) is 16.0. The second-order valence-corrected chi connectivity index (χ2v) is 6.54. The largest absolute Gasteiger partial charge is 0.381 e. The quantitative estimate of drug-likeness (QED) is 0.785. The molecule has 1 aromatic heterocycles. The Hall–Kier alpha value is -1.33. The molecular formula is C18H30N2O3. The molecule has 1 aliphatic heterocycles. The zero-order valence-corrected chi connectivity index (χ0v) is 14.9. The molecule has 2 rings (SSSR count). The van der Waals surface area contributed by atoms with Crippen molar-refractivity contribution < 1.29 is 14.3 Å². The zero-order chi connectivity index (χ0) is 16.8. The summed E-state index contributed by atoms with van der Waals surface area (Å²) in [5.41, 5.74) is 2.94. The van der Waals surface area contributed by atoms with Crippen LogP contribution in [-0.2, 0) is 9.47 Å². The summed E-state index contributed by atoms with van der Waals surface area (Å²) in [6.07, 6.45) is 3.12. The van der Waals surface area contributed by atoms with Gasteiger partial charge in [0.1, 0.15) is 0 Å². The van der Waals surface area contributed by atoms with Crippen molar-refractivity contribution in [3.8, 4) is 0 Å². The van der Waals surface area contributed by atoms with Gasteiger partial charge in [0.25, 0.3) is 5.91 Å². The number of ether oxygens (including phenoxy) is 2. The number of rotatable bonds is 7. The lowest BCUT2D eigenvalue weighted by atomic mass is 10.1. The van der Waals surface area contributed by atoms with Crippen LogP contribution in [0.2, 0.25) is 0 Å². The van der Waals surface area contributed by atoms with Gasteiger partial charge in [-0.1, -0.05) is 0 Å². The van der Waals surface area contributed by atoms with E-state index in [1.165, 1.54) is 0 Å². The Kier molecular flexibility index (Phi) is 6.66. The highest BCUT2D eigenvalue weighted by Crippen LogP contribution is 2.20. The van der Waals surface area contributed by atoms with E-state index in [1.807, 2.05) is 19.9 Å². The van der Waals surface area contributed by atoms with Crippen LogP contribution in [0.1, 0.15) is 60.9 Å². The minimum atomic E-state index is 0.0102. The highest BCUT2D eigenvalue weighted by atomic mass is 16.5. The molecule has 1 aromatic rings. The van der Waals surface area contributed by atoms with Crippen molar-refractivity contribution in [2.45, 2.75) is 59.1 Å². The summed E-state index contributed by atoms with van der Waals surface area (Å²) < 4.78 is 13.3. The molecule has 1 fully saturated rings. The van der Waals surface area contributed by atoms with Crippen LogP contribution in [0.4, 0.5) is 0 Å². The van der Waals surface area contributed by atoms with Crippen LogP contribution in [0.5, 0.6) is 0 Å². The van der Waals surface area contributed by atoms with Gasteiger partial charge in [-0.15, -0.1) is 0 Å². The molecule has 5 heteroatoms. The Morgan fingerprint density at radius 2 is 2.09 bits per heavy atom. The summed E-state index contributed by atoms with van der Waals surface area (Å²) in [4.78, 5) is 12.3. The van der Waals surface area contributed by atoms with Gasteiger partial charge in [-0.25, -0.2) is 0 Å². The molecule has 0 bridgehead atoms. The lowest BCUT2D eigenvalue weighted by molar-refractivity contribution is -0.0321. The van der Waals surface area contributed by atoms with E-state index in [0.29, 0.717) is 25.3 Å². The molecule has 130 valence electrons.